The summed E-state index contributed by atoms with van der Waals surface area (Å²) in [6, 6.07) is 3.10. The van der Waals surface area contributed by atoms with Gasteiger partial charge in [-0.3, -0.25) is 4.79 Å². The highest BCUT2D eigenvalue weighted by Crippen LogP contribution is 2.36. The SMILES string of the molecule is CCOC(=O)c1cnc(SCC(=O)Nc2cc(Cl)c(OC)cc2OC)nc1N. The number of nitrogen functional groups attached to an aromatic ring is 1. The molecule has 0 aliphatic rings. The first-order chi connectivity index (χ1) is 13.4. The van der Waals surface area contributed by atoms with E-state index in [0.717, 1.165) is 11.8 Å². The lowest BCUT2D eigenvalue weighted by Gasteiger charge is -2.13. The first-order valence-corrected chi connectivity index (χ1v) is 9.39. The smallest absolute Gasteiger partial charge is 0.343 e. The zero-order chi connectivity index (χ0) is 20.7. The van der Waals surface area contributed by atoms with Gasteiger partial charge in [0.05, 0.1) is 37.3 Å². The molecule has 0 unspecified atom stereocenters. The summed E-state index contributed by atoms with van der Waals surface area (Å²) in [4.78, 5) is 32.0. The van der Waals surface area contributed by atoms with Crippen molar-refractivity contribution in [1.29, 1.82) is 0 Å². The van der Waals surface area contributed by atoms with Gasteiger partial charge in [-0.1, -0.05) is 23.4 Å². The summed E-state index contributed by atoms with van der Waals surface area (Å²) >= 11 is 7.14. The van der Waals surface area contributed by atoms with Crippen molar-refractivity contribution in [3.8, 4) is 11.5 Å². The molecule has 0 bridgehead atoms. The molecule has 11 heteroatoms. The van der Waals surface area contributed by atoms with E-state index >= 15 is 0 Å². The van der Waals surface area contributed by atoms with E-state index in [-0.39, 0.29) is 34.8 Å². The van der Waals surface area contributed by atoms with Crippen molar-refractivity contribution in [3.63, 3.8) is 0 Å². The predicted octanol–water partition coefficient (Wildman–Crippen LogP) is 2.64. The molecule has 0 atom stereocenters. The Kier molecular flexibility index (Phi) is 7.70. The van der Waals surface area contributed by atoms with E-state index in [1.807, 2.05) is 0 Å². The second kappa shape index (κ2) is 10.00. The Bertz CT molecular complexity index is 881. The van der Waals surface area contributed by atoms with E-state index in [4.69, 9.17) is 31.5 Å². The maximum Gasteiger partial charge on any atom is 0.343 e. The molecular formula is C17H19ClN4O5S. The monoisotopic (exact) mass is 426 g/mol. The number of carbonyl (C=O) groups excluding carboxylic acids is 2. The Morgan fingerprint density at radius 3 is 2.57 bits per heavy atom. The predicted molar refractivity (Wildman–Crippen MR) is 106 cm³/mol. The highest BCUT2D eigenvalue weighted by atomic mass is 35.5. The van der Waals surface area contributed by atoms with Crippen molar-refractivity contribution >= 4 is 46.7 Å². The van der Waals surface area contributed by atoms with Crippen LogP contribution >= 0.6 is 23.4 Å². The number of amides is 1. The van der Waals surface area contributed by atoms with Crippen LogP contribution in [0.25, 0.3) is 0 Å². The molecule has 1 aromatic heterocycles. The van der Waals surface area contributed by atoms with Gasteiger partial charge in [0, 0.05) is 12.3 Å². The minimum Gasteiger partial charge on any atom is -0.495 e. The Labute approximate surface area is 170 Å². The number of nitrogens with zero attached hydrogens (tertiary/aromatic N) is 2. The molecule has 0 aliphatic carbocycles. The van der Waals surface area contributed by atoms with Gasteiger partial charge >= 0.3 is 5.97 Å². The van der Waals surface area contributed by atoms with E-state index in [1.165, 1.54) is 26.5 Å². The molecule has 1 aromatic carbocycles. The Morgan fingerprint density at radius 2 is 1.96 bits per heavy atom. The number of rotatable bonds is 8. The van der Waals surface area contributed by atoms with Gasteiger partial charge in [-0.05, 0) is 13.0 Å². The molecule has 0 fully saturated rings. The molecule has 0 aliphatic heterocycles. The quantitative estimate of drug-likeness (QED) is 0.372. The van der Waals surface area contributed by atoms with Gasteiger partial charge in [-0.25, -0.2) is 14.8 Å². The number of thioether (sulfide) groups is 1. The normalized spacial score (nSPS) is 10.3. The standard InChI is InChI=1S/C17H19ClN4O5S/c1-4-27-16(24)9-7-20-17(22-15(9)19)28-8-14(23)21-11-5-10(18)12(25-2)6-13(11)26-3/h5-7H,4,8H2,1-3H3,(H,21,23)(H2,19,20,22). The highest BCUT2D eigenvalue weighted by molar-refractivity contribution is 7.99. The molecule has 0 saturated carbocycles. The van der Waals surface area contributed by atoms with Crippen molar-refractivity contribution < 1.29 is 23.8 Å². The van der Waals surface area contributed by atoms with Gasteiger partial charge in [0.25, 0.3) is 0 Å². The number of hydrogen-bond acceptors (Lipinski definition) is 9. The molecule has 0 spiro atoms. The largest absolute Gasteiger partial charge is 0.495 e. The van der Waals surface area contributed by atoms with Crippen LogP contribution in [0.15, 0.2) is 23.5 Å². The third-order valence-corrected chi connectivity index (χ3v) is 4.53. The summed E-state index contributed by atoms with van der Waals surface area (Å²) in [5.41, 5.74) is 6.23. The van der Waals surface area contributed by atoms with Crippen molar-refractivity contribution in [2.75, 3.05) is 37.6 Å². The molecule has 9 nitrogen and oxygen atoms in total. The van der Waals surface area contributed by atoms with Crippen LogP contribution in [-0.4, -0.2) is 48.4 Å². The lowest BCUT2D eigenvalue weighted by Crippen LogP contribution is -2.15. The minimum atomic E-state index is -0.599. The van der Waals surface area contributed by atoms with Gasteiger partial charge in [0.2, 0.25) is 5.91 Å². The Hall–Kier alpha value is -2.72. The van der Waals surface area contributed by atoms with Crippen LogP contribution in [0.4, 0.5) is 11.5 Å². The molecule has 2 aromatic rings. The summed E-state index contributed by atoms with van der Waals surface area (Å²) in [5, 5.41) is 3.28. The highest BCUT2D eigenvalue weighted by Gasteiger charge is 2.16. The van der Waals surface area contributed by atoms with Gasteiger partial charge in [0.1, 0.15) is 22.9 Å². The van der Waals surface area contributed by atoms with Gasteiger partial charge in [-0.15, -0.1) is 0 Å². The van der Waals surface area contributed by atoms with Crippen LogP contribution in [0.5, 0.6) is 11.5 Å². The zero-order valence-corrected chi connectivity index (χ0v) is 17.0. The van der Waals surface area contributed by atoms with Gasteiger partial charge < -0.3 is 25.3 Å². The third-order valence-electron chi connectivity index (χ3n) is 3.37. The number of aromatic nitrogens is 2. The number of ether oxygens (including phenoxy) is 3. The van der Waals surface area contributed by atoms with Crippen LogP contribution in [0.2, 0.25) is 5.02 Å². The van der Waals surface area contributed by atoms with E-state index in [1.54, 1.807) is 13.0 Å². The lowest BCUT2D eigenvalue weighted by molar-refractivity contribution is -0.113. The van der Waals surface area contributed by atoms with Crippen molar-refractivity contribution in [2.24, 2.45) is 0 Å². The second-order valence-electron chi connectivity index (χ2n) is 5.20. The molecular weight excluding hydrogens is 408 g/mol. The fourth-order valence-corrected chi connectivity index (χ4v) is 2.95. The summed E-state index contributed by atoms with van der Waals surface area (Å²) in [6.07, 6.45) is 1.27. The average Bonchev–Trinajstić information content (AvgIpc) is 2.67. The Balaban J connectivity index is 2.02. The number of anilines is 2. The first-order valence-electron chi connectivity index (χ1n) is 8.03. The Morgan fingerprint density at radius 1 is 1.25 bits per heavy atom. The molecule has 2 rings (SSSR count). The maximum absolute atomic E-state index is 12.2. The number of nitrogens with one attached hydrogen (secondary N) is 1. The summed E-state index contributed by atoms with van der Waals surface area (Å²) in [7, 11) is 2.95. The second-order valence-corrected chi connectivity index (χ2v) is 6.55. The van der Waals surface area contributed by atoms with Crippen molar-refractivity contribution in [2.45, 2.75) is 12.1 Å². The molecule has 0 saturated heterocycles. The number of methoxy groups -OCH3 is 2. The summed E-state index contributed by atoms with van der Waals surface area (Å²) < 4.78 is 15.2. The first kappa shape index (κ1) is 21.6. The molecule has 1 amide bonds. The lowest BCUT2D eigenvalue weighted by atomic mass is 10.2. The van der Waals surface area contributed by atoms with Crippen LogP contribution in [-0.2, 0) is 9.53 Å². The van der Waals surface area contributed by atoms with Gasteiger partial charge in [0.15, 0.2) is 5.16 Å². The fraction of sp³-hybridized carbons (Fsp3) is 0.294. The topological polar surface area (TPSA) is 126 Å². The van der Waals surface area contributed by atoms with Crippen LogP contribution < -0.4 is 20.5 Å². The number of benzene rings is 1. The van der Waals surface area contributed by atoms with Crippen LogP contribution in [0.3, 0.4) is 0 Å². The minimum absolute atomic E-state index is 0.00496. The number of hydrogen-bond donors (Lipinski definition) is 2. The van der Waals surface area contributed by atoms with Crippen molar-refractivity contribution in [3.05, 3.63) is 28.9 Å². The average molecular weight is 427 g/mol. The summed E-state index contributed by atoms with van der Waals surface area (Å²) in [6.45, 7) is 1.90. The van der Waals surface area contributed by atoms with E-state index in [0.29, 0.717) is 22.2 Å². The van der Waals surface area contributed by atoms with Gasteiger partial charge in [-0.2, -0.15) is 0 Å². The van der Waals surface area contributed by atoms with E-state index < -0.39 is 5.97 Å². The van der Waals surface area contributed by atoms with E-state index in [2.05, 4.69) is 15.3 Å². The zero-order valence-electron chi connectivity index (χ0n) is 15.4. The molecule has 1 heterocycles. The fourth-order valence-electron chi connectivity index (χ4n) is 2.09. The third kappa shape index (κ3) is 5.40. The van der Waals surface area contributed by atoms with Crippen molar-refractivity contribution in [1.82, 2.24) is 9.97 Å². The molecule has 28 heavy (non-hydrogen) atoms. The number of esters is 1. The summed E-state index contributed by atoms with van der Waals surface area (Å²) in [5.74, 6) is -0.111. The van der Waals surface area contributed by atoms with E-state index in [9.17, 15) is 9.59 Å². The molecule has 0 radical (unpaired) electrons. The maximum atomic E-state index is 12.2. The van der Waals surface area contributed by atoms with Crippen LogP contribution in [0, 0.1) is 0 Å². The van der Waals surface area contributed by atoms with Crippen LogP contribution in [0.1, 0.15) is 17.3 Å². The number of nitrogens with two attached hydrogens (primary N) is 1. The number of halogens is 1. The molecule has 3 N–H and O–H groups in total. The molecule has 150 valence electrons. The number of carbonyl (C=O) groups is 2.